The Labute approximate surface area is 233 Å². The lowest BCUT2D eigenvalue weighted by Crippen LogP contribution is -2.32. The number of fused-ring (bicyclic) bond motifs is 3. The van der Waals surface area contributed by atoms with Crippen molar-refractivity contribution in [3.63, 3.8) is 0 Å². The second-order valence-corrected chi connectivity index (χ2v) is 9.21. The fraction of sp³-hybridized carbons (Fsp3) is 0.355. The van der Waals surface area contributed by atoms with Crippen molar-refractivity contribution in [2.45, 2.75) is 25.5 Å². The Bertz CT molecular complexity index is 1380. The van der Waals surface area contributed by atoms with E-state index in [1.165, 1.54) is 13.2 Å². The topological polar surface area (TPSA) is 102 Å². The molecular formula is C31H35NO8. The summed E-state index contributed by atoms with van der Waals surface area (Å²) in [6.45, 7) is 0.987. The predicted octanol–water partition coefficient (Wildman–Crippen LogP) is 4.09. The molecule has 40 heavy (non-hydrogen) atoms. The molecule has 0 aromatic heterocycles. The van der Waals surface area contributed by atoms with Crippen molar-refractivity contribution in [2.24, 2.45) is 0 Å². The van der Waals surface area contributed by atoms with Gasteiger partial charge in [-0.05, 0) is 53.3 Å². The number of benzene rings is 2. The highest BCUT2D eigenvalue weighted by Crippen LogP contribution is 2.50. The van der Waals surface area contributed by atoms with Crippen molar-refractivity contribution in [2.75, 3.05) is 48.3 Å². The van der Waals surface area contributed by atoms with E-state index < -0.39 is 6.04 Å². The molecule has 0 unspecified atom stereocenters. The molecule has 1 atom stereocenters. The molecule has 3 aromatic rings. The average molecular weight is 550 g/mol. The largest absolute Gasteiger partial charge is 0.493 e. The Morgan fingerprint density at radius 1 is 0.850 bits per heavy atom. The zero-order valence-corrected chi connectivity index (χ0v) is 23.3. The summed E-state index contributed by atoms with van der Waals surface area (Å²) in [5, 5.41) is 3.05. The van der Waals surface area contributed by atoms with Crippen molar-refractivity contribution in [3.05, 3.63) is 81.5 Å². The van der Waals surface area contributed by atoms with Gasteiger partial charge in [0.15, 0.2) is 17.2 Å². The second kappa shape index (κ2) is 13.8. The summed E-state index contributed by atoms with van der Waals surface area (Å²) in [4.78, 5) is 25.9. The maximum Gasteiger partial charge on any atom is 0.246 e. The molecule has 1 aliphatic rings. The molecule has 0 saturated heterocycles. The van der Waals surface area contributed by atoms with Crippen LogP contribution in [0.1, 0.15) is 29.2 Å². The number of nitrogens with one attached hydrogen (secondary N) is 1. The monoisotopic (exact) mass is 549 g/mol. The Hall–Kier alpha value is -4.08. The van der Waals surface area contributed by atoms with E-state index in [0.717, 1.165) is 22.3 Å². The van der Waals surface area contributed by atoms with Crippen LogP contribution in [0.3, 0.4) is 0 Å². The van der Waals surface area contributed by atoms with Gasteiger partial charge in [-0.3, -0.25) is 9.59 Å². The van der Waals surface area contributed by atoms with Gasteiger partial charge in [0.2, 0.25) is 17.1 Å². The fourth-order valence-corrected chi connectivity index (χ4v) is 4.90. The molecule has 3 aromatic carbocycles. The SMILES string of the molecule is COc1cc2c(c(OC)c1OC)-c1ccc(OC)c(=O)cc1[C@@H](NC(=O)COCCOCc1ccccc1)CC2. The number of aryl methyl sites for hydroxylation is 1. The number of rotatable bonds is 12. The number of carbonyl (C=O) groups is 1. The van der Waals surface area contributed by atoms with Crippen LogP contribution in [-0.4, -0.2) is 54.2 Å². The number of carbonyl (C=O) groups excluding carboxylic acids is 1. The smallest absolute Gasteiger partial charge is 0.246 e. The molecule has 0 heterocycles. The minimum Gasteiger partial charge on any atom is -0.493 e. The average Bonchev–Trinajstić information content (AvgIpc) is 3.22. The van der Waals surface area contributed by atoms with E-state index in [0.29, 0.717) is 48.9 Å². The normalized spacial score (nSPS) is 13.8. The first-order valence-electron chi connectivity index (χ1n) is 13.0. The summed E-state index contributed by atoms with van der Waals surface area (Å²) in [6.07, 6.45) is 1.13. The quantitative estimate of drug-likeness (QED) is 0.337. The first kappa shape index (κ1) is 28.9. The number of amides is 1. The van der Waals surface area contributed by atoms with Crippen LogP contribution < -0.4 is 29.7 Å². The van der Waals surface area contributed by atoms with E-state index >= 15 is 0 Å². The highest BCUT2D eigenvalue weighted by atomic mass is 16.5. The van der Waals surface area contributed by atoms with Crippen molar-refractivity contribution >= 4 is 5.91 Å². The lowest BCUT2D eigenvalue weighted by atomic mass is 9.95. The third-order valence-electron chi connectivity index (χ3n) is 6.77. The van der Waals surface area contributed by atoms with Gasteiger partial charge in [-0.15, -0.1) is 0 Å². The Kier molecular flexibility index (Phi) is 9.99. The molecular weight excluding hydrogens is 514 g/mol. The molecule has 0 radical (unpaired) electrons. The van der Waals surface area contributed by atoms with Crippen molar-refractivity contribution in [1.82, 2.24) is 5.32 Å². The van der Waals surface area contributed by atoms with Gasteiger partial charge in [0.05, 0.1) is 54.3 Å². The zero-order chi connectivity index (χ0) is 28.5. The molecule has 9 nitrogen and oxygen atoms in total. The van der Waals surface area contributed by atoms with Crippen LogP contribution >= 0.6 is 0 Å². The summed E-state index contributed by atoms with van der Waals surface area (Å²) in [7, 11) is 6.12. The van der Waals surface area contributed by atoms with Gasteiger partial charge in [0.1, 0.15) is 6.61 Å². The minimum atomic E-state index is -0.459. The third-order valence-corrected chi connectivity index (χ3v) is 6.77. The zero-order valence-electron chi connectivity index (χ0n) is 23.3. The standard InChI is InChI=1S/C31H35NO8/c1-35-26-13-11-22-23(17-25(26)33)24(12-10-21-16-27(36-2)30(37-3)31(38-4)29(21)22)32-28(34)19-40-15-14-39-18-20-8-6-5-7-9-20/h5-9,11,13,16-17,24H,10,12,14-15,18-19H2,1-4H3,(H,32,34)/t24-/m0/s1. The fourth-order valence-electron chi connectivity index (χ4n) is 4.90. The maximum atomic E-state index is 13.0. The second-order valence-electron chi connectivity index (χ2n) is 9.21. The number of hydrogen-bond donors (Lipinski definition) is 1. The van der Waals surface area contributed by atoms with Crippen LogP contribution in [0.2, 0.25) is 0 Å². The molecule has 9 heteroatoms. The van der Waals surface area contributed by atoms with Crippen LogP contribution in [0.5, 0.6) is 23.0 Å². The van der Waals surface area contributed by atoms with Crippen LogP contribution in [0.15, 0.2) is 59.4 Å². The summed E-state index contributed by atoms with van der Waals surface area (Å²) < 4.78 is 33.5. The van der Waals surface area contributed by atoms with Gasteiger partial charge in [-0.1, -0.05) is 36.4 Å². The van der Waals surface area contributed by atoms with Crippen LogP contribution in [-0.2, 0) is 27.3 Å². The lowest BCUT2D eigenvalue weighted by molar-refractivity contribution is -0.127. The molecule has 0 fully saturated rings. The molecule has 4 rings (SSSR count). The minimum absolute atomic E-state index is 0.134. The highest BCUT2D eigenvalue weighted by Gasteiger charge is 2.29. The summed E-state index contributed by atoms with van der Waals surface area (Å²) in [6, 6.07) is 16.3. The number of hydrogen-bond acceptors (Lipinski definition) is 8. The maximum absolute atomic E-state index is 13.0. The summed E-state index contributed by atoms with van der Waals surface area (Å²) >= 11 is 0. The Balaban J connectivity index is 1.55. The van der Waals surface area contributed by atoms with Gasteiger partial charge >= 0.3 is 0 Å². The molecule has 0 saturated carbocycles. The van der Waals surface area contributed by atoms with Gasteiger partial charge in [-0.25, -0.2) is 0 Å². The number of methoxy groups -OCH3 is 4. The van der Waals surface area contributed by atoms with E-state index in [1.807, 2.05) is 42.5 Å². The molecule has 1 aliphatic carbocycles. The van der Waals surface area contributed by atoms with Crippen LogP contribution in [0.4, 0.5) is 0 Å². The number of ether oxygens (including phenoxy) is 6. The lowest BCUT2D eigenvalue weighted by Gasteiger charge is -2.20. The third kappa shape index (κ3) is 6.55. The Morgan fingerprint density at radius 3 is 2.27 bits per heavy atom. The first-order valence-corrected chi connectivity index (χ1v) is 13.0. The van der Waals surface area contributed by atoms with Crippen molar-refractivity contribution in [1.29, 1.82) is 0 Å². The van der Waals surface area contributed by atoms with Crippen LogP contribution in [0, 0.1) is 0 Å². The van der Waals surface area contributed by atoms with Crippen LogP contribution in [0.25, 0.3) is 11.1 Å². The molecule has 0 bridgehead atoms. The van der Waals surface area contributed by atoms with Gasteiger partial charge in [0, 0.05) is 5.56 Å². The van der Waals surface area contributed by atoms with Crippen molar-refractivity contribution < 1.29 is 33.2 Å². The predicted molar refractivity (Wildman–Crippen MR) is 150 cm³/mol. The molecule has 0 aliphatic heterocycles. The van der Waals surface area contributed by atoms with Gasteiger partial charge in [-0.2, -0.15) is 0 Å². The van der Waals surface area contributed by atoms with E-state index in [4.69, 9.17) is 28.4 Å². The van der Waals surface area contributed by atoms with Gasteiger partial charge < -0.3 is 33.7 Å². The molecule has 1 N–H and O–H groups in total. The van der Waals surface area contributed by atoms with E-state index in [-0.39, 0.29) is 30.3 Å². The molecule has 212 valence electrons. The molecule has 1 amide bonds. The first-order chi connectivity index (χ1) is 19.5. The van der Waals surface area contributed by atoms with E-state index in [2.05, 4.69) is 5.32 Å². The summed E-state index contributed by atoms with van der Waals surface area (Å²) in [5.41, 5.74) is 3.87. The van der Waals surface area contributed by atoms with E-state index in [9.17, 15) is 9.59 Å². The Morgan fingerprint density at radius 2 is 1.57 bits per heavy atom. The highest BCUT2D eigenvalue weighted by molar-refractivity contribution is 5.84. The van der Waals surface area contributed by atoms with Crippen molar-refractivity contribution in [3.8, 4) is 34.1 Å². The summed E-state index contributed by atoms with van der Waals surface area (Å²) in [5.74, 6) is 1.37. The van der Waals surface area contributed by atoms with E-state index in [1.54, 1.807) is 27.4 Å². The molecule has 0 spiro atoms. The van der Waals surface area contributed by atoms with Gasteiger partial charge in [0.25, 0.3) is 0 Å².